The maximum atomic E-state index is 13.4. The molecule has 11 heteroatoms. The summed E-state index contributed by atoms with van der Waals surface area (Å²) in [6.07, 6.45) is 1.47. The van der Waals surface area contributed by atoms with Crippen molar-refractivity contribution in [2.75, 3.05) is 24.3 Å². The van der Waals surface area contributed by atoms with Gasteiger partial charge in [-0.2, -0.15) is 0 Å². The Morgan fingerprint density at radius 1 is 1.09 bits per heavy atom. The Morgan fingerprint density at radius 2 is 1.91 bits per heavy atom. The number of rotatable bonds is 5. The number of nitrogens with zero attached hydrogens (tertiary/aromatic N) is 3. The van der Waals surface area contributed by atoms with Crippen LogP contribution in [0.2, 0.25) is 0 Å². The van der Waals surface area contributed by atoms with Gasteiger partial charge in [0.2, 0.25) is 5.01 Å². The Bertz CT molecular complexity index is 1160. The fraction of sp³-hybridized carbons (Fsp3) is 0.238. The second kappa shape index (κ2) is 9.27. The molecule has 1 atom stereocenters. The van der Waals surface area contributed by atoms with Gasteiger partial charge in [0.15, 0.2) is 11.6 Å². The topological polar surface area (TPSA) is 96.4 Å². The summed E-state index contributed by atoms with van der Waals surface area (Å²) in [5, 5.41) is 13.9. The van der Waals surface area contributed by atoms with Gasteiger partial charge in [-0.15, -0.1) is 10.2 Å². The minimum absolute atomic E-state index is 0.0600. The van der Waals surface area contributed by atoms with Crippen LogP contribution in [0.3, 0.4) is 0 Å². The van der Waals surface area contributed by atoms with Crippen molar-refractivity contribution in [1.82, 2.24) is 15.1 Å². The fourth-order valence-electron chi connectivity index (χ4n) is 3.38. The summed E-state index contributed by atoms with van der Waals surface area (Å²) >= 11 is 1.05. The van der Waals surface area contributed by atoms with E-state index in [9.17, 15) is 18.4 Å². The first-order valence-electron chi connectivity index (χ1n) is 9.76. The van der Waals surface area contributed by atoms with Gasteiger partial charge in [0.05, 0.1) is 13.2 Å². The van der Waals surface area contributed by atoms with Gasteiger partial charge in [-0.05, 0) is 37.1 Å². The molecule has 2 N–H and O–H groups in total. The fourth-order valence-corrected chi connectivity index (χ4v) is 4.27. The van der Waals surface area contributed by atoms with Gasteiger partial charge in [0.1, 0.15) is 10.8 Å². The lowest BCUT2D eigenvalue weighted by Crippen LogP contribution is -2.34. The lowest BCUT2D eigenvalue weighted by atomic mass is 10.2. The third-order valence-electron chi connectivity index (χ3n) is 4.93. The van der Waals surface area contributed by atoms with Gasteiger partial charge in [0, 0.05) is 30.1 Å². The van der Waals surface area contributed by atoms with E-state index in [4.69, 9.17) is 4.74 Å². The average Bonchev–Trinajstić information content (AvgIpc) is 3.46. The van der Waals surface area contributed by atoms with E-state index in [2.05, 4.69) is 20.8 Å². The number of hydrogen-bond acceptors (Lipinski definition) is 6. The van der Waals surface area contributed by atoms with Crippen LogP contribution in [0.25, 0.3) is 0 Å². The van der Waals surface area contributed by atoms with E-state index in [-0.39, 0.29) is 22.8 Å². The number of amides is 3. The Kier molecular flexibility index (Phi) is 6.26. The lowest BCUT2D eigenvalue weighted by Gasteiger charge is -2.23. The van der Waals surface area contributed by atoms with Crippen LogP contribution in [0, 0.1) is 11.6 Å². The van der Waals surface area contributed by atoms with Crippen LogP contribution in [0.5, 0.6) is 5.75 Å². The highest BCUT2D eigenvalue weighted by atomic mass is 32.1. The van der Waals surface area contributed by atoms with Gasteiger partial charge in [0.25, 0.3) is 5.91 Å². The molecule has 3 aromatic rings. The van der Waals surface area contributed by atoms with Crippen molar-refractivity contribution in [3.63, 3.8) is 0 Å². The third kappa shape index (κ3) is 4.67. The molecule has 0 bridgehead atoms. The molecular formula is C21H19F2N5O3S. The van der Waals surface area contributed by atoms with Gasteiger partial charge in [-0.1, -0.05) is 17.4 Å². The molecule has 0 radical (unpaired) electrons. The van der Waals surface area contributed by atoms with Gasteiger partial charge in [-0.3, -0.25) is 4.79 Å². The number of nitrogens with one attached hydrogen (secondary N) is 2. The second-order valence-electron chi connectivity index (χ2n) is 7.04. The van der Waals surface area contributed by atoms with Crippen molar-refractivity contribution in [1.29, 1.82) is 0 Å². The molecular weight excluding hydrogens is 440 g/mol. The zero-order chi connectivity index (χ0) is 22.7. The molecule has 1 aliphatic heterocycles. The highest BCUT2D eigenvalue weighted by Crippen LogP contribution is 2.34. The summed E-state index contributed by atoms with van der Waals surface area (Å²) in [6, 6.07) is 9.49. The molecule has 4 rings (SSSR count). The Hall–Kier alpha value is -3.60. The number of methoxy groups -OCH3 is 1. The van der Waals surface area contributed by atoms with Crippen molar-refractivity contribution < 1.29 is 23.1 Å². The van der Waals surface area contributed by atoms with E-state index >= 15 is 0 Å². The quantitative estimate of drug-likeness (QED) is 0.588. The summed E-state index contributed by atoms with van der Waals surface area (Å²) in [4.78, 5) is 26.9. The van der Waals surface area contributed by atoms with Crippen LogP contribution < -0.4 is 15.4 Å². The standard InChI is InChI=1S/C21H19F2N5O3S/c1-31-14-5-2-4-12(10-14)25-21(30)28-9-3-6-17(28)19-26-27-20(32-19)18(29)24-13-7-8-15(22)16(23)11-13/h2,4-5,7-8,10-11,17H,3,6,9H2,1H3,(H,24,29)(H,25,30)/t17-/m0/s1. The smallest absolute Gasteiger partial charge is 0.322 e. The van der Waals surface area contributed by atoms with Crippen molar-refractivity contribution >= 4 is 34.6 Å². The number of aromatic nitrogens is 2. The largest absolute Gasteiger partial charge is 0.497 e. The van der Waals surface area contributed by atoms with Gasteiger partial charge >= 0.3 is 6.03 Å². The number of benzene rings is 2. The molecule has 166 valence electrons. The number of halogens is 2. The highest BCUT2D eigenvalue weighted by molar-refractivity contribution is 7.13. The maximum Gasteiger partial charge on any atom is 0.322 e. The predicted molar refractivity (Wildman–Crippen MR) is 115 cm³/mol. The summed E-state index contributed by atoms with van der Waals surface area (Å²) in [7, 11) is 1.55. The van der Waals surface area contributed by atoms with Crippen LogP contribution in [-0.4, -0.2) is 40.7 Å². The maximum absolute atomic E-state index is 13.4. The summed E-state index contributed by atoms with van der Waals surface area (Å²) in [5.41, 5.74) is 0.703. The molecule has 0 spiro atoms. The number of likely N-dealkylation sites (tertiary alicyclic amines) is 1. The van der Waals surface area contributed by atoms with E-state index in [1.54, 1.807) is 36.3 Å². The summed E-state index contributed by atoms with van der Waals surface area (Å²) in [5.74, 6) is -2.04. The van der Waals surface area contributed by atoms with Gasteiger partial charge < -0.3 is 20.3 Å². The van der Waals surface area contributed by atoms with E-state index < -0.39 is 17.5 Å². The van der Waals surface area contributed by atoms with E-state index in [0.717, 1.165) is 29.9 Å². The highest BCUT2D eigenvalue weighted by Gasteiger charge is 2.33. The molecule has 2 heterocycles. The number of carbonyl (C=O) groups is 2. The third-order valence-corrected chi connectivity index (χ3v) is 5.96. The Balaban J connectivity index is 1.44. The molecule has 1 saturated heterocycles. The van der Waals surface area contributed by atoms with Crippen molar-refractivity contribution in [3.05, 3.63) is 64.1 Å². The van der Waals surface area contributed by atoms with E-state index in [1.807, 2.05) is 0 Å². The first-order valence-corrected chi connectivity index (χ1v) is 10.6. The van der Waals surface area contributed by atoms with E-state index in [1.165, 1.54) is 6.07 Å². The molecule has 1 aromatic heterocycles. The number of urea groups is 1. The summed E-state index contributed by atoms with van der Waals surface area (Å²) in [6.45, 7) is 0.538. The van der Waals surface area contributed by atoms with Crippen molar-refractivity contribution in [2.24, 2.45) is 0 Å². The normalized spacial score (nSPS) is 15.5. The molecule has 8 nitrogen and oxygen atoms in total. The Labute approximate surface area is 186 Å². The average molecular weight is 459 g/mol. The lowest BCUT2D eigenvalue weighted by molar-refractivity contribution is 0.102. The van der Waals surface area contributed by atoms with Crippen LogP contribution in [-0.2, 0) is 0 Å². The number of carbonyl (C=O) groups excluding carboxylic acids is 2. The second-order valence-corrected chi connectivity index (χ2v) is 8.05. The first kappa shape index (κ1) is 21.6. The molecule has 1 aliphatic rings. The summed E-state index contributed by atoms with van der Waals surface area (Å²) < 4.78 is 31.6. The number of hydrogen-bond donors (Lipinski definition) is 2. The molecule has 3 amide bonds. The van der Waals surface area contributed by atoms with E-state index in [0.29, 0.717) is 29.4 Å². The minimum atomic E-state index is -1.07. The molecule has 2 aromatic carbocycles. The zero-order valence-electron chi connectivity index (χ0n) is 17.0. The molecule has 32 heavy (non-hydrogen) atoms. The number of ether oxygens (including phenoxy) is 1. The zero-order valence-corrected chi connectivity index (χ0v) is 17.8. The van der Waals surface area contributed by atoms with Crippen LogP contribution in [0.1, 0.15) is 33.7 Å². The molecule has 0 unspecified atom stereocenters. The van der Waals surface area contributed by atoms with Crippen LogP contribution in [0.4, 0.5) is 25.0 Å². The van der Waals surface area contributed by atoms with Crippen molar-refractivity contribution in [3.8, 4) is 5.75 Å². The monoisotopic (exact) mass is 459 g/mol. The molecule has 0 saturated carbocycles. The first-order chi connectivity index (χ1) is 15.4. The predicted octanol–water partition coefficient (Wildman–Crippen LogP) is 4.45. The minimum Gasteiger partial charge on any atom is -0.497 e. The molecule has 0 aliphatic carbocycles. The SMILES string of the molecule is COc1cccc(NC(=O)N2CCC[C@H]2c2nnc(C(=O)Nc3ccc(F)c(F)c3)s2)c1. The van der Waals surface area contributed by atoms with Crippen LogP contribution in [0.15, 0.2) is 42.5 Å². The van der Waals surface area contributed by atoms with Crippen LogP contribution >= 0.6 is 11.3 Å². The Morgan fingerprint density at radius 3 is 2.69 bits per heavy atom. The molecule has 1 fully saturated rings. The van der Waals surface area contributed by atoms with Crippen molar-refractivity contribution in [2.45, 2.75) is 18.9 Å². The number of anilines is 2. The van der Waals surface area contributed by atoms with Gasteiger partial charge in [-0.25, -0.2) is 13.6 Å².